The Hall–Kier alpha value is -2.08. The third-order valence-corrected chi connectivity index (χ3v) is 6.78. The van der Waals surface area contributed by atoms with Crippen LogP contribution in [-0.4, -0.2) is 35.4 Å². The minimum atomic E-state index is -4.44. The Labute approximate surface area is 224 Å². The summed E-state index contributed by atoms with van der Waals surface area (Å²) in [5.41, 5.74) is 0.278. The van der Waals surface area contributed by atoms with Crippen LogP contribution in [0.1, 0.15) is 54.9 Å². The van der Waals surface area contributed by atoms with Crippen molar-refractivity contribution in [3.8, 4) is 0 Å². The van der Waals surface area contributed by atoms with Crippen LogP contribution in [-0.2, 0) is 10.9 Å². The third kappa shape index (κ3) is 5.68. The van der Waals surface area contributed by atoms with Gasteiger partial charge in [0.25, 0.3) is 0 Å². The number of halogens is 4. The van der Waals surface area contributed by atoms with Crippen LogP contribution in [0.15, 0.2) is 58.5 Å². The summed E-state index contributed by atoms with van der Waals surface area (Å²) in [5, 5.41) is 0.733. The van der Waals surface area contributed by atoms with E-state index in [1.165, 1.54) is 17.8 Å². The van der Waals surface area contributed by atoms with Gasteiger partial charge in [0.1, 0.15) is 5.54 Å². The fourth-order valence-corrected chi connectivity index (χ4v) is 5.21. The molecule has 188 valence electrons. The maximum absolute atomic E-state index is 13.2. The minimum absolute atomic E-state index is 0. The quantitative estimate of drug-likeness (QED) is 0.264. The molecule has 0 N–H and O–H groups in total. The van der Waals surface area contributed by atoms with Crippen LogP contribution >= 0.6 is 35.7 Å². The number of benzene rings is 2. The van der Waals surface area contributed by atoms with E-state index in [9.17, 15) is 18.0 Å². The summed E-state index contributed by atoms with van der Waals surface area (Å²) in [7, 11) is 0. The lowest BCUT2D eigenvalue weighted by Crippen LogP contribution is -2.52. The first-order valence-corrected chi connectivity index (χ1v) is 12.5. The van der Waals surface area contributed by atoms with E-state index in [1.807, 2.05) is 18.4 Å². The number of esters is 1. The Kier molecular flexibility index (Phi) is 8.90. The van der Waals surface area contributed by atoms with Gasteiger partial charge < -0.3 is 9.64 Å². The minimum Gasteiger partial charge on any atom is -0.462 e. The second kappa shape index (κ2) is 11.3. The number of hydrogen-bond acceptors (Lipinski definition) is 5. The van der Waals surface area contributed by atoms with E-state index in [-0.39, 0.29) is 35.6 Å². The maximum Gasteiger partial charge on any atom is 0.416 e. The van der Waals surface area contributed by atoms with Gasteiger partial charge in [-0.1, -0.05) is 37.1 Å². The number of aliphatic imine (C=N–C) groups is 2. The second-order valence-electron chi connectivity index (χ2n) is 8.28. The molecule has 0 radical (unpaired) electrons. The van der Waals surface area contributed by atoms with Gasteiger partial charge in [0.15, 0.2) is 11.0 Å². The van der Waals surface area contributed by atoms with Gasteiger partial charge in [0.2, 0.25) is 0 Å². The number of ether oxygens (including phenoxy) is 1. The van der Waals surface area contributed by atoms with E-state index in [1.54, 1.807) is 25.1 Å². The molecule has 5 nitrogen and oxygen atoms in total. The molecule has 4 rings (SSSR count). The highest BCUT2D eigenvalue weighted by Crippen LogP contribution is 2.44. The van der Waals surface area contributed by atoms with Crippen molar-refractivity contribution in [3.63, 3.8) is 0 Å². The van der Waals surface area contributed by atoms with E-state index in [0.29, 0.717) is 18.0 Å². The molecule has 1 aliphatic heterocycles. The smallest absolute Gasteiger partial charge is 0.416 e. The van der Waals surface area contributed by atoms with Gasteiger partial charge in [-0.25, -0.2) is 14.8 Å². The SMILES string of the molecule is CCOC(=O)c1ccc(N2C(SC)=NC(=Nc3cccc(C(F)(F)F)c3)C23CCCCC3)cc1.I. The molecule has 1 spiro atoms. The van der Waals surface area contributed by atoms with Crippen LogP contribution in [0.4, 0.5) is 24.5 Å². The number of nitrogens with zero attached hydrogens (tertiary/aromatic N) is 3. The van der Waals surface area contributed by atoms with Crippen molar-refractivity contribution in [3.05, 3.63) is 59.7 Å². The zero-order valence-corrected chi connectivity index (χ0v) is 22.6. The molecular formula is C25H27F3IN3O2S. The number of hydrogen-bond donors (Lipinski definition) is 0. The monoisotopic (exact) mass is 617 g/mol. The Morgan fingerprint density at radius 2 is 1.83 bits per heavy atom. The van der Waals surface area contributed by atoms with E-state index in [0.717, 1.165) is 55.1 Å². The summed E-state index contributed by atoms with van der Waals surface area (Å²) in [6.45, 7) is 2.06. The average molecular weight is 617 g/mol. The number of alkyl halides is 3. The molecule has 0 amide bonds. The molecule has 0 bridgehead atoms. The zero-order valence-electron chi connectivity index (χ0n) is 19.5. The van der Waals surface area contributed by atoms with E-state index < -0.39 is 17.3 Å². The zero-order chi connectivity index (χ0) is 24.3. The van der Waals surface area contributed by atoms with Crippen molar-refractivity contribution in [2.24, 2.45) is 9.98 Å². The summed E-state index contributed by atoms with van der Waals surface area (Å²) >= 11 is 1.47. The third-order valence-electron chi connectivity index (χ3n) is 6.15. The van der Waals surface area contributed by atoms with Crippen LogP contribution in [0.2, 0.25) is 0 Å². The molecule has 2 aliphatic rings. The highest BCUT2D eigenvalue weighted by molar-refractivity contribution is 14.0. The van der Waals surface area contributed by atoms with Crippen LogP contribution in [0.25, 0.3) is 0 Å². The predicted molar refractivity (Wildman–Crippen MR) is 146 cm³/mol. The first-order valence-electron chi connectivity index (χ1n) is 11.2. The molecule has 1 aliphatic carbocycles. The number of rotatable bonds is 4. The lowest BCUT2D eigenvalue weighted by molar-refractivity contribution is -0.137. The highest BCUT2D eigenvalue weighted by atomic mass is 127. The van der Waals surface area contributed by atoms with Crippen molar-refractivity contribution in [1.82, 2.24) is 0 Å². The molecule has 1 heterocycles. The van der Waals surface area contributed by atoms with Crippen molar-refractivity contribution in [2.75, 3.05) is 17.8 Å². The maximum atomic E-state index is 13.2. The summed E-state index contributed by atoms with van der Waals surface area (Å²) in [4.78, 5) is 23.7. The largest absolute Gasteiger partial charge is 0.462 e. The van der Waals surface area contributed by atoms with Crippen LogP contribution in [0.5, 0.6) is 0 Å². The Morgan fingerprint density at radius 1 is 1.14 bits per heavy atom. The lowest BCUT2D eigenvalue weighted by atomic mass is 9.79. The molecule has 2 aromatic rings. The Bertz CT molecular complexity index is 1110. The van der Waals surface area contributed by atoms with Gasteiger partial charge in [0.05, 0.1) is 23.4 Å². The molecule has 2 aromatic carbocycles. The van der Waals surface area contributed by atoms with Gasteiger partial charge >= 0.3 is 12.1 Å². The Balaban J connectivity index is 0.00000342. The summed E-state index contributed by atoms with van der Waals surface area (Å²) in [5.74, 6) is 0.152. The molecule has 35 heavy (non-hydrogen) atoms. The molecule has 0 atom stereocenters. The van der Waals surface area contributed by atoms with E-state index >= 15 is 0 Å². The number of carbonyl (C=O) groups excluding carboxylic acids is 1. The predicted octanol–water partition coefficient (Wildman–Crippen LogP) is 7.47. The van der Waals surface area contributed by atoms with Crippen molar-refractivity contribution in [2.45, 2.75) is 50.7 Å². The normalized spacial score (nSPS) is 18.4. The van der Waals surface area contributed by atoms with Gasteiger partial charge in [0, 0.05) is 5.69 Å². The topological polar surface area (TPSA) is 54.3 Å². The fraction of sp³-hybridized carbons (Fsp3) is 0.400. The van der Waals surface area contributed by atoms with Crippen molar-refractivity contribution < 1.29 is 22.7 Å². The van der Waals surface area contributed by atoms with Gasteiger partial charge in [-0.15, -0.1) is 24.0 Å². The molecule has 10 heteroatoms. The summed E-state index contributed by atoms with van der Waals surface area (Å²) in [6, 6.07) is 12.2. The van der Waals surface area contributed by atoms with Gasteiger partial charge in [-0.3, -0.25) is 0 Å². The average Bonchev–Trinajstić information content (AvgIpc) is 3.11. The van der Waals surface area contributed by atoms with Crippen LogP contribution in [0, 0.1) is 0 Å². The van der Waals surface area contributed by atoms with E-state index in [2.05, 4.69) is 9.89 Å². The molecule has 1 saturated carbocycles. The molecule has 1 fully saturated rings. The fourth-order valence-electron chi connectivity index (χ4n) is 4.57. The van der Waals surface area contributed by atoms with Crippen LogP contribution in [0.3, 0.4) is 0 Å². The number of amidine groups is 2. The van der Waals surface area contributed by atoms with Crippen LogP contribution < -0.4 is 4.90 Å². The molecule has 0 aromatic heterocycles. The number of carbonyl (C=O) groups is 1. The van der Waals surface area contributed by atoms with Crippen molar-refractivity contribution in [1.29, 1.82) is 0 Å². The Morgan fingerprint density at radius 3 is 2.43 bits per heavy atom. The second-order valence-corrected chi connectivity index (χ2v) is 9.05. The molecular weight excluding hydrogens is 590 g/mol. The van der Waals surface area contributed by atoms with Gasteiger partial charge in [-0.05, 0) is 68.5 Å². The lowest BCUT2D eigenvalue weighted by Gasteiger charge is -2.42. The number of anilines is 1. The molecule has 0 unspecified atom stereocenters. The first-order chi connectivity index (χ1) is 16.3. The summed E-state index contributed by atoms with van der Waals surface area (Å²) in [6.07, 6.45) is 2.09. The first kappa shape index (κ1) is 27.5. The van der Waals surface area contributed by atoms with E-state index in [4.69, 9.17) is 9.73 Å². The van der Waals surface area contributed by atoms with Gasteiger partial charge in [-0.2, -0.15) is 13.2 Å². The van der Waals surface area contributed by atoms with Crippen molar-refractivity contribution >= 4 is 64.1 Å². The number of thioether (sulfide) groups is 1. The highest BCUT2D eigenvalue weighted by Gasteiger charge is 2.49. The molecule has 0 saturated heterocycles. The summed E-state index contributed by atoms with van der Waals surface area (Å²) < 4.78 is 44.8. The standard InChI is InChI=1S/C25H26F3N3O2S.HI/c1-3-33-21(32)17-10-12-20(13-11-17)31-23(34-2)30-22(24(31)14-5-4-6-15-24)29-19-9-7-8-18(16-19)25(26,27)28;/h7-13,16H,3-6,14-15H2,1-2H3;1H.